The molecular weight excluding hydrogens is 276 g/mol. The van der Waals surface area contributed by atoms with Gasteiger partial charge in [-0.1, -0.05) is 11.3 Å². The largest absolute Gasteiger partial charge is 0.341 e. The Morgan fingerprint density at radius 3 is 2.84 bits per heavy atom. The van der Waals surface area contributed by atoms with E-state index in [2.05, 4.69) is 26.7 Å². The maximum absolute atomic E-state index is 11.6. The third-order valence-electron chi connectivity index (χ3n) is 3.27. The van der Waals surface area contributed by atoms with E-state index in [1.807, 2.05) is 6.92 Å². The lowest BCUT2D eigenvalue weighted by molar-refractivity contribution is 0.102. The zero-order valence-electron chi connectivity index (χ0n) is 11.0. The number of carbonyl (C=O) groups excluding carboxylic acids is 1. The van der Waals surface area contributed by atoms with Crippen molar-refractivity contribution in [2.24, 2.45) is 0 Å². The normalized spacial score (nSPS) is 14.6. The molecule has 0 N–H and O–H groups in total. The first kappa shape index (κ1) is 12.8. The van der Waals surface area contributed by atoms with Crippen molar-refractivity contribution in [3.63, 3.8) is 0 Å². The first-order valence-electron chi connectivity index (χ1n) is 6.41. The molecule has 2 aromatic heterocycles. The van der Waals surface area contributed by atoms with Crippen molar-refractivity contribution >= 4 is 33.6 Å². The summed E-state index contributed by atoms with van der Waals surface area (Å²) in [7, 11) is 0. The van der Waals surface area contributed by atoms with Crippen molar-refractivity contribution in [3.8, 4) is 0 Å². The Bertz CT molecular complexity index is 585. The molecule has 0 unspecified atom stereocenters. The highest BCUT2D eigenvalue weighted by molar-refractivity contribution is 7.17. The van der Waals surface area contributed by atoms with Crippen LogP contribution in [0.3, 0.4) is 0 Å². The summed E-state index contributed by atoms with van der Waals surface area (Å²) >= 11 is 3.26. The highest BCUT2D eigenvalue weighted by Gasteiger charge is 2.31. The summed E-state index contributed by atoms with van der Waals surface area (Å²) in [5.41, 5.74) is 2.19. The van der Waals surface area contributed by atoms with E-state index in [4.69, 9.17) is 0 Å². The van der Waals surface area contributed by atoms with Crippen LogP contribution in [-0.4, -0.2) is 16.8 Å². The maximum Gasteiger partial charge on any atom is 0.186 e. The fourth-order valence-corrected chi connectivity index (χ4v) is 3.84. The molecule has 0 aliphatic heterocycles. The van der Waals surface area contributed by atoms with Gasteiger partial charge in [0, 0.05) is 19.5 Å². The molecule has 1 aliphatic rings. The standard InChI is InChI=1S/C14H16N2OS2/c1-9-13(10(2)17)19-14(15-9)16(12-3-4-12)7-11-5-6-18-8-11/h5-6,8,12H,3-4,7H2,1-2H3. The quantitative estimate of drug-likeness (QED) is 0.784. The van der Waals surface area contributed by atoms with Gasteiger partial charge in [0.15, 0.2) is 10.9 Å². The van der Waals surface area contributed by atoms with Crippen molar-refractivity contribution in [1.29, 1.82) is 0 Å². The number of aromatic nitrogens is 1. The number of anilines is 1. The highest BCUT2D eigenvalue weighted by atomic mass is 32.1. The lowest BCUT2D eigenvalue weighted by Gasteiger charge is -2.20. The highest BCUT2D eigenvalue weighted by Crippen LogP contribution is 2.36. The van der Waals surface area contributed by atoms with Crippen LogP contribution in [0.2, 0.25) is 0 Å². The first-order chi connectivity index (χ1) is 9.15. The summed E-state index contributed by atoms with van der Waals surface area (Å²) in [6, 6.07) is 2.76. The number of rotatable bonds is 5. The first-order valence-corrected chi connectivity index (χ1v) is 8.17. The summed E-state index contributed by atoms with van der Waals surface area (Å²) in [4.78, 5) is 19.3. The van der Waals surface area contributed by atoms with Crippen LogP contribution in [0.25, 0.3) is 0 Å². The molecule has 0 bridgehead atoms. The predicted octanol–water partition coefficient (Wildman–Crippen LogP) is 3.88. The van der Waals surface area contributed by atoms with Gasteiger partial charge in [-0.15, -0.1) is 0 Å². The van der Waals surface area contributed by atoms with Crippen molar-refractivity contribution in [2.45, 2.75) is 39.3 Å². The van der Waals surface area contributed by atoms with E-state index in [1.165, 1.54) is 29.7 Å². The van der Waals surface area contributed by atoms with E-state index in [0.717, 1.165) is 22.2 Å². The molecule has 2 aromatic rings. The molecule has 0 saturated heterocycles. The monoisotopic (exact) mass is 292 g/mol. The second-order valence-corrected chi connectivity index (χ2v) is 6.72. The van der Waals surface area contributed by atoms with Crippen LogP contribution in [0.4, 0.5) is 5.13 Å². The van der Waals surface area contributed by atoms with E-state index in [9.17, 15) is 4.79 Å². The van der Waals surface area contributed by atoms with E-state index in [0.29, 0.717) is 6.04 Å². The Labute approximate surface area is 120 Å². The minimum atomic E-state index is 0.118. The minimum Gasteiger partial charge on any atom is -0.341 e. The Kier molecular flexibility index (Phi) is 3.41. The number of Topliss-reactive ketones (excluding diaryl/α,β-unsaturated/α-hetero) is 1. The fraction of sp³-hybridized carbons (Fsp3) is 0.429. The van der Waals surface area contributed by atoms with Crippen LogP contribution in [0.5, 0.6) is 0 Å². The molecule has 0 radical (unpaired) electrons. The van der Waals surface area contributed by atoms with Gasteiger partial charge in [-0.25, -0.2) is 4.98 Å². The average Bonchev–Trinajstić information content (AvgIpc) is 2.93. The number of hydrogen-bond donors (Lipinski definition) is 0. The van der Waals surface area contributed by atoms with Crippen molar-refractivity contribution < 1.29 is 4.79 Å². The fourth-order valence-electron chi connectivity index (χ4n) is 2.15. The Balaban J connectivity index is 1.87. The molecule has 0 amide bonds. The number of ketones is 1. The SMILES string of the molecule is CC(=O)c1sc(N(Cc2ccsc2)C2CC2)nc1C. The molecule has 1 aliphatic carbocycles. The zero-order chi connectivity index (χ0) is 13.4. The van der Waals surface area contributed by atoms with Crippen molar-refractivity contribution in [2.75, 3.05) is 4.90 Å². The summed E-state index contributed by atoms with van der Waals surface area (Å²) in [6.07, 6.45) is 2.47. The zero-order valence-corrected chi connectivity index (χ0v) is 12.7. The third-order valence-corrected chi connectivity index (χ3v) is 5.30. The molecule has 1 saturated carbocycles. The van der Waals surface area contributed by atoms with E-state index in [-0.39, 0.29) is 5.78 Å². The molecule has 1 fully saturated rings. The molecule has 0 atom stereocenters. The van der Waals surface area contributed by atoms with E-state index < -0.39 is 0 Å². The van der Waals surface area contributed by atoms with Crippen molar-refractivity contribution in [3.05, 3.63) is 33.0 Å². The minimum absolute atomic E-state index is 0.118. The summed E-state index contributed by atoms with van der Waals surface area (Å²) in [5.74, 6) is 0.118. The number of nitrogens with zero attached hydrogens (tertiary/aromatic N) is 2. The number of hydrogen-bond acceptors (Lipinski definition) is 5. The topological polar surface area (TPSA) is 33.2 Å². The van der Waals surface area contributed by atoms with E-state index in [1.54, 1.807) is 18.3 Å². The lowest BCUT2D eigenvalue weighted by Crippen LogP contribution is -2.24. The van der Waals surface area contributed by atoms with Crippen LogP contribution in [0.15, 0.2) is 16.8 Å². The molecule has 19 heavy (non-hydrogen) atoms. The maximum atomic E-state index is 11.6. The van der Waals surface area contributed by atoms with Gasteiger partial charge in [0.1, 0.15) is 0 Å². The number of aryl methyl sites for hydroxylation is 1. The molecule has 3 rings (SSSR count). The number of thiophene rings is 1. The molecule has 100 valence electrons. The predicted molar refractivity (Wildman–Crippen MR) is 80.4 cm³/mol. The van der Waals surface area contributed by atoms with E-state index >= 15 is 0 Å². The van der Waals surface area contributed by atoms with Crippen molar-refractivity contribution in [1.82, 2.24) is 4.98 Å². The second kappa shape index (κ2) is 5.06. The molecular formula is C14H16N2OS2. The van der Waals surface area contributed by atoms with Crippen LogP contribution in [0, 0.1) is 6.92 Å². The summed E-state index contributed by atoms with van der Waals surface area (Å²) in [6.45, 7) is 4.44. The Morgan fingerprint density at radius 2 is 2.32 bits per heavy atom. The summed E-state index contributed by atoms with van der Waals surface area (Å²) in [5, 5.41) is 5.28. The van der Waals surface area contributed by atoms with Gasteiger partial charge in [0.25, 0.3) is 0 Å². The molecule has 5 heteroatoms. The van der Waals surface area contributed by atoms with Gasteiger partial charge in [0.05, 0.1) is 10.6 Å². The van der Waals surface area contributed by atoms with Crippen LogP contribution in [-0.2, 0) is 6.54 Å². The lowest BCUT2D eigenvalue weighted by atomic mass is 10.3. The number of thiazole rings is 1. The van der Waals surface area contributed by atoms with Gasteiger partial charge in [-0.2, -0.15) is 11.3 Å². The number of carbonyl (C=O) groups is 1. The molecule has 0 aromatic carbocycles. The molecule has 2 heterocycles. The van der Waals surface area contributed by atoms with Crippen LogP contribution >= 0.6 is 22.7 Å². The summed E-state index contributed by atoms with van der Waals surface area (Å²) < 4.78 is 0. The Morgan fingerprint density at radius 1 is 1.53 bits per heavy atom. The molecule has 0 spiro atoms. The smallest absolute Gasteiger partial charge is 0.186 e. The van der Waals surface area contributed by atoms with Gasteiger partial charge < -0.3 is 4.90 Å². The second-order valence-electron chi connectivity index (χ2n) is 4.96. The van der Waals surface area contributed by atoms with Gasteiger partial charge in [-0.05, 0) is 42.2 Å². The van der Waals surface area contributed by atoms with Gasteiger partial charge in [0.2, 0.25) is 0 Å². The van der Waals surface area contributed by atoms with Crippen LogP contribution < -0.4 is 4.90 Å². The third kappa shape index (κ3) is 2.72. The average molecular weight is 292 g/mol. The van der Waals surface area contributed by atoms with Gasteiger partial charge >= 0.3 is 0 Å². The molecule has 3 nitrogen and oxygen atoms in total. The Hall–Kier alpha value is -1.20. The van der Waals surface area contributed by atoms with Gasteiger partial charge in [-0.3, -0.25) is 4.79 Å². The van der Waals surface area contributed by atoms with Crippen LogP contribution in [0.1, 0.15) is 40.7 Å².